The van der Waals surface area contributed by atoms with Crippen LogP contribution >= 0.6 is 22.5 Å². The van der Waals surface area contributed by atoms with Crippen molar-refractivity contribution in [2.75, 3.05) is 38.0 Å². The number of benzene rings is 1. The Hall–Kier alpha value is -0.480. The van der Waals surface area contributed by atoms with Gasteiger partial charge in [0.25, 0.3) is 0 Å². The monoisotopic (exact) mass is 228 g/mol. The molecule has 14 heavy (non-hydrogen) atoms. The van der Waals surface area contributed by atoms with Crippen LogP contribution in [0.2, 0.25) is 0 Å². The van der Waals surface area contributed by atoms with Crippen molar-refractivity contribution in [3.05, 3.63) is 18.2 Å². The fourth-order valence-corrected chi connectivity index (χ4v) is 2.18. The zero-order valence-corrected chi connectivity index (χ0v) is 10.7. The van der Waals surface area contributed by atoms with Gasteiger partial charge in [-0.15, -0.1) is 11.7 Å². The lowest BCUT2D eigenvalue weighted by atomic mass is 10.2. The van der Waals surface area contributed by atoms with Crippen molar-refractivity contribution in [2.24, 2.45) is 0 Å². The van der Waals surface area contributed by atoms with Crippen molar-refractivity contribution in [1.82, 2.24) is 0 Å². The van der Waals surface area contributed by atoms with Crippen LogP contribution in [0.25, 0.3) is 0 Å². The molecule has 0 amide bonds. The Kier molecular flexibility index (Phi) is 4.01. The topological polar surface area (TPSA) is 6.48 Å². The molecule has 0 saturated carbocycles. The van der Waals surface area contributed by atoms with Crippen LogP contribution in [0.4, 0.5) is 11.4 Å². The van der Waals surface area contributed by atoms with Gasteiger partial charge in [0.15, 0.2) is 0 Å². The fraction of sp³-hybridized carbons (Fsp3) is 0.400. The van der Waals surface area contributed by atoms with Gasteiger partial charge in [-0.1, -0.05) is 10.8 Å². The molecule has 0 radical (unpaired) electrons. The molecule has 0 aliphatic carbocycles. The Morgan fingerprint density at radius 3 is 2.14 bits per heavy atom. The second kappa shape index (κ2) is 4.84. The molecule has 0 aromatic heterocycles. The zero-order chi connectivity index (χ0) is 10.7. The van der Waals surface area contributed by atoms with Gasteiger partial charge >= 0.3 is 0 Å². The van der Waals surface area contributed by atoms with E-state index in [0.717, 1.165) is 0 Å². The Morgan fingerprint density at radius 2 is 1.71 bits per heavy atom. The third kappa shape index (κ3) is 2.51. The molecule has 0 bridgehead atoms. The number of anilines is 2. The second-order valence-corrected chi connectivity index (χ2v) is 4.70. The summed E-state index contributed by atoms with van der Waals surface area (Å²) < 4.78 is 0. The Labute approximate surface area is 95.1 Å². The summed E-state index contributed by atoms with van der Waals surface area (Å²) in [6, 6.07) is 6.38. The normalized spacial score (nSPS) is 10.1. The molecular formula is C10H16N2S2. The largest absolute Gasteiger partial charge is 0.378 e. The highest BCUT2D eigenvalue weighted by atomic mass is 33.1. The first-order chi connectivity index (χ1) is 6.56. The van der Waals surface area contributed by atoms with Gasteiger partial charge in [-0.3, -0.25) is 0 Å². The molecule has 0 unspecified atom stereocenters. The number of hydrogen-bond donors (Lipinski definition) is 1. The highest BCUT2D eigenvalue weighted by Crippen LogP contribution is 2.34. The summed E-state index contributed by atoms with van der Waals surface area (Å²) in [5.41, 5.74) is 2.41. The zero-order valence-electron chi connectivity index (χ0n) is 8.98. The van der Waals surface area contributed by atoms with E-state index in [1.807, 2.05) is 28.2 Å². The third-order valence-corrected chi connectivity index (χ3v) is 3.15. The van der Waals surface area contributed by atoms with Gasteiger partial charge in [0.05, 0.1) is 5.69 Å². The molecule has 0 aliphatic heterocycles. The lowest BCUT2D eigenvalue weighted by molar-refractivity contribution is 1.08. The average molecular weight is 228 g/mol. The van der Waals surface area contributed by atoms with Gasteiger partial charge in [0.2, 0.25) is 0 Å². The van der Waals surface area contributed by atoms with Gasteiger partial charge in [0, 0.05) is 38.8 Å². The summed E-state index contributed by atoms with van der Waals surface area (Å²) in [6.07, 6.45) is 0. The maximum Gasteiger partial charge on any atom is 0.0509 e. The van der Waals surface area contributed by atoms with Crippen LogP contribution < -0.4 is 9.80 Å². The molecule has 1 rings (SSSR count). The molecule has 1 aromatic rings. The molecule has 0 heterocycles. The molecule has 0 aliphatic rings. The lowest BCUT2D eigenvalue weighted by Gasteiger charge is -2.19. The van der Waals surface area contributed by atoms with E-state index in [4.69, 9.17) is 0 Å². The van der Waals surface area contributed by atoms with E-state index >= 15 is 0 Å². The fourth-order valence-electron chi connectivity index (χ4n) is 1.22. The Bertz CT molecular complexity index is 311. The molecular weight excluding hydrogens is 212 g/mol. The number of nitrogens with zero attached hydrogens (tertiary/aromatic N) is 2. The first-order valence-electron chi connectivity index (χ1n) is 4.36. The number of thiol groups is 1. The summed E-state index contributed by atoms with van der Waals surface area (Å²) in [5, 5.41) is 0. The maximum atomic E-state index is 4.26. The summed E-state index contributed by atoms with van der Waals surface area (Å²) in [6.45, 7) is 0. The molecule has 0 fully saturated rings. The minimum absolute atomic E-state index is 1.18. The van der Waals surface area contributed by atoms with Crippen LogP contribution in [0.15, 0.2) is 23.1 Å². The predicted octanol–water partition coefficient (Wildman–Crippen LogP) is 2.76. The number of rotatable bonds is 3. The van der Waals surface area contributed by atoms with Crippen molar-refractivity contribution in [1.29, 1.82) is 0 Å². The summed E-state index contributed by atoms with van der Waals surface area (Å²) in [4.78, 5) is 5.37. The van der Waals surface area contributed by atoms with E-state index in [0.29, 0.717) is 0 Å². The van der Waals surface area contributed by atoms with Crippen LogP contribution in [-0.4, -0.2) is 28.2 Å². The Morgan fingerprint density at radius 1 is 1.07 bits per heavy atom. The van der Waals surface area contributed by atoms with E-state index in [2.05, 4.69) is 39.7 Å². The van der Waals surface area contributed by atoms with E-state index < -0.39 is 0 Å². The first-order valence-corrected chi connectivity index (χ1v) is 6.23. The third-order valence-electron chi connectivity index (χ3n) is 2.04. The van der Waals surface area contributed by atoms with Crippen molar-refractivity contribution < 1.29 is 0 Å². The van der Waals surface area contributed by atoms with Crippen LogP contribution in [0.3, 0.4) is 0 Å². The molecule has 0 saturated heterocycles. The van der Waals surface area contributed by atoms with Crippen molar-refractivity contribution >= 4 is 33.8 Å². The van der Waals surface area contributed by atoms with Gasteiger partial charge < -0.3 is 9.80 Å². The molecule has 0 atom stereocenters. The van der Waals surface area contributed by atoms with Crippen LogP contribution in [0.5, 0.6) is 0 Å². The SMILES string of the molecule is CN(C)c1ccc(N(C)C)c(SS)c1. The van der Waals surface area contributed by atoms with Gasteiger partial charge in [-0.25, -0.2) is 0 Å². The van der Waals surface area contributed by atoms with Crippen LogP contribution in [-0.2, 0) is 0 Å². The van der Waals surface area contributed by atoms with Crippen molar-refractivity contribution in [2.45, 2.75) is 4.90 Å². The highest BCUT2D eigenvalue weighted by molar-refractivity contribution is 8.68. The van der Waals surface area contributed by atoms with Gasteiger partial charge in [-0.05, 0) is 18.2 Å². The second-order valence-electron chi connectivity index (χ2n) is 3.53. The molecule has 2 nitrogen and oxygen atoms in total. The molecule has 0 N–H and O–H groups in total. The molecule has 78 valence electrons. The van der Waals surface area contributed by atoms with Crippen molar-refractivity contribution in [3.63, 3.8) is 0 Å². The standard InChI is InChI=1S/C10H16N2S2/c1-11(2)8-5-6-9(12(3)4)10(7-8)14-13/h5-7,13H,1-4H3. The van der Waals surface area contributed by atoms with E-state index in [1.54, 1.807) is 0 Å². The highest BCUT2D eigenvalue weighted by Gasteiger charge is 2.05. The maximum absolute atomic E-state index is 4.26. The van der Waals surface area contributed by atoms with E-state index in [1.165, 1.54) is 27.1 Å². The van der Waals surface area contributed by atoms with E-state index in [-0.39, 0.29) is 0 Å². The average Bonchev–Trinajstić information content (AvgIpc) is 2.16. The molecule has 4 heteroatoms. The van der Waals surface area contributed by atoms with E-state index in [9.17, 15) is 0 Å². The van der Waals surface area contributed by atoms with Crippen LogP contribution in [0, 0.1) is 0 Å². The Balaban J connectivity index is 3.11. The quantitative estimate of drug-likeness (QED) is 0.628. The number of hydrogen-bond acceptors (Lipinski definition) is 4. The summed E-state index contributed by atoms with van der Waals surface area (Å²) in [5.74, 6) is 0. The summed E-state index contributed by atoms with van der Waals surface area (Å²) >= 11 is 4.26. The van der Waals surface area contributed by atoms with Crippen LogP contribution in [0.1, 0.15) is 0 Å². The van der Waals surface area contributed by atoms with Gasteiger partial charge in [-0.2, -0.15) is 0 Å². The minimum Gasteiger partial charge on any atom is -0.378 e. The lowest BCUT2D eigenvalue weighted by Crippen LogP contribution is -2.12. The first kappa shape index (κ1) is 11.6. The molecule has 1 aromatic carbocycles. The van der Waals surface area contributed by atoms with Gasteiger partial charge in [0.1, 0.15) is 0 Å². The minimum atomic E-state index is 1.18. The van der Waals surface area contributed by atoms with Crippen molar-refractivity contribution in [3.8, 4) is 0 Å². The smallest absolute Gasteiger partial charge is 0.0509 e. The molecule has 0 spiro atoms. The predicted molar refractivity (Wildman–Crippen MR) is 69.9 cm³/mol. The summed E-state index contributed by atoms with van der Waals surface area (Å²) in [7, 11) is 9.64.